The van der Waals surface area contributed by atoms with E-state index >= 15 is 0 Å². The standard InChI is InChI=1S/C22H27N5O3.CH4/c1-4-18-21(29)24-17-12-23-22(26-20(17)27(18)15-7-5-6-8-15)25-16-10-9-14(13(2)28)11-19(16)30-3;/h9-12,15,18H,4-8H2,1-3H3,(H,24,29)(H,23,25,26);1H4/t18-;/m1./s1. The van der Waals surface area contributed by atoms with Gasteiger partial charge in [0, 0.05) is 11.6 Å². The summed E-state index contributed by atoms with van der Waals surface area (Å²) in [6, 6.07) is 5.30. The maximum Gasteiger partial charge on any atom is 0.247 e. The highest BCUT2D eigenvalue weighted by Crippen LogP contribution is 2.38. The van der Waals surface area contributed by atoms with Crippen molar-refractivity contribution in [3.8, 4) is 5.75 Å². The first-order valence-corrected chi connectivity index (χ1v) is 10.4. The molecular formula is C23H31N5O3. The number of rotatable bonds is 6. The molecule has 31 heavy (non-hydrogen) atoms. The molecule has 0 saturated heterocycles. The maximum absolute atomic E-state index is 12.6. The van der Waals surface area contributed by atoms with Crippen molar-refractivity contribution in [1.82, 2.24) is 9.97 Å². The van der Waals surface area contributed by atoms with Crippen molar-refractivity contribution in [2.75, 3.05) is 22.6 Å². The van der Waals surface area contributed by atoms with E-state index in [1.54, 1.807) is 31.5 Å². The number of anilines is 4. The molecule has 2 aromatic rings. The Morgan fingerprint density at radius 1 is 1.32 bits per heavy atom. The number of hydrogen-bond donors (Lipinski definition) is 2. The van der Waals surface area contributed by atoms with Crippen molar-refractivity contribution in [3.05, 3.63) is 30.0 Å². The summed E-state index contributed by atoms with van der Waals surface area (Å²) in [7, 11) is 1.56. The Kier molecular flexibility index (Phi) is 6.77. The van der Waals surface area contributed by atoms with Crippen LogP contribution in [0.5, 0.6) is 5.75 Å². The van der Waals surface area contributed by atoms with Gasteiger partial charge in [-0.25, -0.2) is 4.98 Å². The molecule has 1 saturated carbocycles. The predicted octanol–water partition coefficient (Wildman–Crippen LogP) is 4.55. The average molecular weight is 426 g/mol. The molecule has 166 valence electrons. The van der Waals surface area contributed by atoms with Crippen molar-refractivity contribution >= 4 is 34.8 Å². The van der Waals surface area contributed by atoms with Crippen LogP contribution < -0.4 is 20.3 Å². The van der Waals surface area contributed by atoms with Gasteiger partial charge in [0.2, 0.25) is 11.9 Å². The first-order valence-electron chi connectivity index (χ1n) is 10.4. The van der Waals surface area contributed by atoms with E-state index in [4.69, 9.17) is 9.72 Å². The number of amides is 1. The molecule has 8 nitrogen and oxygen atoms in total. The zero-order chi connectivity index (χ0) is 21.3. The number of carbonyl (C=O) groups is 2. The normalized spacial score (nSPS) is 18.1. The number of ketones is 1. The summed E-state index contributed by atoms with van der Waals surface area (Å²) in [5.41, 5.74) is 1.88. The van der Waals surface area contributed by atoms with Crippen LogP contribution in [0.3, 0.4) is 0 Å². The second kappa shape index (κ2) is 9.32. The van der Waals surface area contributed by atoms with Crippen LogP contribution in [0.2, 0.25) is 0 Å². The number of ether oxygens (including phenoxy) is 1. The molecule has 1 atom stereocenters. The number of aromatic nitrogens is 2. The van der Waals surface area contributed by atoms with E-state index in [0.717, 1.165) is 25.1 Å². The molecule has 1 fully saturated rings. The SMILES string of the molecule is C.CC[C@@H]1C(=O)Nc2cnc(Nc3ccc(C(C)=O)cc3OC)nc2N1C1CCCC1. The molecule has 1 aliphatic carbocycles. The van der Waals surface area contributed by atoms with E-state index in [1.807, 2.05) is 6.92 Å². The topological polar surface area (TPSA) is 96.5 Å². The number of nitrogens with zero attached hydrogens (tertiary/aromatic N) is 3. The lowest BCUT2D eigenvalue weighted by atomic mass is 10.0. The van der Waals surface area contributed by atoms with Crippen LogP contribution in [0.4, 0.5) is 23.1 Å². The van der Waals surface area contributed by atoms with Crippen LogP contribution in [0.25, 0.3) is 0 Å². The van der Waals surface area contributed by atoms with Gasteiger partial charge >= 0.3 is 0 Å². The Balaban J connectivity index is 0.00000272. The molecule has 2 aliphatic rings. The van der Waals surface area contributed by atoms with E-state index in [1.165, 1.54) is 19.8 Å². The first-order chi connectivity index (χ1) is 14.5. The highest BCUT2D eigenvalue weighted by atomic mass is 16.5. The van der Waals surface area contributed by atoms with Gasteiger partial charge in [-0.2, -0.15) is 4.98 Å². The van der Waals surface area contributed by atoms with E-state index in [0.29, 0.717) is 34.7 Å². The maximum atomic E-state index is 12.6. The fourth-order valence-corrected chi connectivity index (χ4v) is 4.33. The Morgan fingerprint density at radius 2 is 2.06 bits per heavy atom. The minimum Gasteiger partial charge on any atom is -0.495 e. The number of carbonyl (C=O) groups excluding carboxylic acids is 2. The predicted molar refractivity (Wildman–Crippen MR) is 122 cm³/mol. The molecule has 2 N–H and O–H groups in total. The van der Waals surface area contributed by atoms with Crippen LogP contribution in [0.15, 0.2) is 24.4 Å². The molecule has 0 spiro atoms. The van der Waals surface area contributed by atoms with Crippen molar-refractivity contribution in [1.29, 1.82) is 0 Å². The number of hydrogen-bond acceptors (Lipinski definition) is 7. The average Bonchev–Trinajstić information content (AvgIpc) is 3.27. The largest absolute Gasteiger partial charge is 0.495 e. The Labute approximate surface area is 183 Å². The number of Topliss-reactive ketones (excluding diaryl/α,β-unsaturated/α-hetero) is 1. The minimum atomic E-state index is -0.229. The van der Waals surface area contributed by atoms with Crippen LogP contribution in [0, 0.1) is 0 Å². The Bertz CT molecular complexity index is 972. The molecule has 4 rings (SSSR count). The highest BCUT2D eigenvalue weighted by Gasteiger charge is 2.38. The van der Waals surface area contributed by atoms with Gasteiger partial charge < -0.3 is 20.3 Å². The van der Waals surface area contributed by atoms with Crippen LogP contribution in [-0.2, 0) is 4.79 Å². The molecular weight excluding hydrogens is 394 g/mol. The lowest BCUT2D eigenvalue weighted by Crippen LogP contribution is -2.52. The Hall–Kier alpha value is -3.16. The minimum absolute atomic E-state index is 0. The summed E-state index contributed by atoms with van der Waals surface area (Å²) in [6.07, 6.45) is 6.84. The third-order valence-corrected chi connectivity index (χ3v) is 5.87. The highest BCUT2D eigenvalue weighted by molar-refractivity contribution is 6.03. The molecule has 1 aromatic heterocycles. The van der Waals surface area contributed by atoms with Gasteiger partial charge in [0.25, 0.3) is 0 Å². The third-order valence-electron chi connectivity index (χ3n) is 5.87. The van der Waals surface area contributed by atoms with Crippen LogP contribution in [0.1, 0.15) is 63.7 Å². The molecule has 1 aromatic carbocycles. The van der Waals surface area contributed by atoms with Crippen LogP contribution >= 0.6 is 0 Å². The molecule has 0 bridgehead atoms. The molecule has 0 unspecified atom stereocenters. The third kappa shape index (κ3) is 4.33. The van der Waals surface area contributed by atoms with Gasteiger partial charge in [-0.15, -0.1) is 0 Å². The smallest absolute Gasteiger partial charge is 0.247 e. The van der Waals surface area contributed by atoms with Gasteiger partial charge in [0.15, 0.2) is 11.6 Å². The van der Waals surface area contributed by atoms with E-state index in [9.17, 15) is 9.59 Å². The van der Waals surface area contributed by atoms with Gasteiger partial charge in [-0.05, 0) is 44.4 Å². The second-order valence-electron chi connectivity index (χ2n) is 7.79. The number of benzene rings is 1. The van der Waals surface area contributed by atoms with Crippen molar-refractivity contribution in [3.63, 3.8) is 0 Å². The van der Waals surface area contributed by atoms with Gasteiger partial charge in [-0.1, -0.05) is 27.2 Å². The summed E-state index contributed by atoms with van der Waals surface area (Å²) in [5.74, 6) is 1.68. The van der Waals surface area contributed by atoms with Gasteiger partial charge in [0.05, 0.1) is 19.0 Å². The molecule has 0 radical (unpaired) electrons. The lowest BCUT2D eigenvalue weighted by molar-refractivity contribution is -0.117. The molecule has 1 amide bonds. The summed E-state index contributed by atoms with van der Waals surface area (Å²) >= 11 is 0. The van der Waals surface area contributed by atoms with Crippen LogP contribution in [-0.4, -0.2) is 40.9 Å². The summed E-state index contributed by atoms with van der Waals surface area (Å²) in [4.78, 5) is 35.6. The van der Waals surface area contributed by atoms with Gasteiger partial charge in [0.1, 0.15) is 17.5 Å². The van der Waals surface area contributed by atoms with E-state index < -0.39 is 0 Å². The summed E-state index contributed by atoms with van der Waals surface area (Å²) in [6.45, 7) is 3.55. The van der Waals surface area contributed by atoms with Crippen molar-refractivity contribution in [2.45, 2.75) is 65.5 Å². The monoisotopic (exact) mass is 425 g/mol. The van der Waals surface area contributed by atoms with Gasteiger partial charge in [-0.3, -0.25) is 9.59 Å². The zero-order valence-corrected chi connectivity index (χ0v) is 17.6. The van der Waals surface area contributed by atoms with E-state index in [-0.39, 0.29) is 25.2 Å². The molecule has 2 heterocycles. The van der Waals surface area contributed by atoms with Crippen molar-refractivity contribution < 1.29 is 14.3 Å². The number of methoxy groups -OCH3 is 1. The number of nitrogens with one attached hydrogen (secondary N) is 2. The van der Waals surface area contributed by atoms with E-state index in [2.05, 4.69) is 20.5 Å². The molecule has 8 heteroatoms. The van der Waals surface area contributed by atoms with Crippen molar-refractivity contribution in [2.24, 2.45) is 0 Å². The second-order valence-corrected chi connectivity index (χ2v) is 7.79. The quantitative estimate of drug-likeness (QED) is 0.656. The Morgan fingerprint density at radius 3 is 2.71 bits per heavy atom. The lowest BCUT2D eigenvalue weighted by Gasteiger charge is -2.40. The molecule has 1 aliphatic heterocycles. The fourth-order valence-electron chi connectivity index (χ4n) is 4.33. The fraction of sp³-hybridized carbons (Fsp3) is 0.478. The number of fused-ring (bicyclic) bond motifs is 1. The first kappa shape index (κ1) is 22.5. The zero-order valence-electron chi connectivity index (χ0n) is 17.6. The summed E-state index contributed by atoms with van der Waals surface area (Å²) < 4.78 is 5.43. The summed E-state index contributed by atoms with van der Waals surface area (Å²) in [5, 5.41) is 6.15.